The second-order valence-electron chi connectivity index (χ2n) is 15.6. The van der Waals surface area contributed by atoms with Gasteiger partial charge in [0.2, 0.25) is 0 Å². The number of carbonyl (C=O) groups excluding carboxylic acids is 3. The highest BCUT2D eigenvalue weighted by molar-refractivity contribution is 7.90. The number of sulfone groups is 2. The van der Waals surface area contributed by atoms with E-state index in [-0.39, 0.29) is 78.1 Å². The molecule has 60 heavy (non-hydrogen) atoms. The fourth-order valence-corrected chi connectivity index (χ4v) is 8.27. The summed E-state index contributed by atoms with van der Waals surface area (Å²) in [5, 5.41) is 3.03. The minimum absolute atomic E-state index is 0.0488. The van der Waals surface area contributed by atoms with Crippen molar-refractivity contribution in [3.63, 3.8) is 0 Å². The maximum Gasteiger partial charge on any atom is 0.274 e. The van der Waals surface area contributed by atoms with Crippen molar-refractivity contribution in [2.24, 2.45) is 0 Å². The van der Waals surface area contributed by atoms with Crippen LogP contribution in [0.5, 0.6) is 11.5 Å². The van der Waals surface area contributed by atoms with E-state index in [1.807, 2.05) is 48.5 Å². The summed E-state index contributed by atoms with van der Waals surface area (Å²) in [5.41, 5.74) is 13.9. The normalized spacial score (nSPS) is 15.2. The van der Waals surface area contributed by atoms with Crippen molar-refractivity contribution >= 4 is 60.6 Å². The molecule has 0 bridgehead atoms. The maximum atomic E-state index is 13.3. The van der Waals surface area contributed by atoms with Crippen molar-refractivity contribution < 1.29 is 45.2 Å². The maximum absolute atomic E-state index is 13.3. The first-order chi connectivity index (χ1) is 28.2. The number of ether oxygens (including phenoxy) is 2. The molecule has 20 heteroatoms. The number of halogens is 1. The van der Waals surface area contributed by atoms with Crippen molar-refractivity contribution in [3.8, 4) is 11.5 Å². The van der Waals surface area contributed by atoms with Crippen LogP contribution in [0.1, 0.15) is 47.3 Å². The number of hydrogen-bond acceptors (Lipinski definition) is 13. The van der Waals surface area contributed by atoms with E-state index in [1.165, 1.54) is 9.80 Å². The Morgan fingerprint density at radius 3 is 1.70 bits per heavy atom. The summed E-state index contributed by atoms with van der Waals surface area (Å²) >= 11 is 6.06. The van der Waals surface area contributed by atoms with E-state index >= 15 is 0 Å². The molecule has 1 fully saturated rings. The molecule has 0 spiro atoms. The van der Waals surface area contributed by atoms with Crippen LogP contribution < -0.4 is 26.3 Å². The number of piperidine rings is 1. The Morgan fingerprint density at radius 1 is 0.783 bits per heavy atom. The molecule has 1 aliphatic rings. The molecule has 330 valence electrons. The van der Waals surface area contributed by atoms with Gasteiger partial charge in [-0.2, -0.15) is 0 Å². The van der Waals surface area contributed by atoms with Crippen LogP contribution in [-0.4, -0.2) is 155 Å². The minimum atomic E-state index is -3.19. The number of aryl methyl sites for hydroxylation is 2. The quantitative estimate of drug-likeness (QED) is 0.123. The van der Waals surface area contributed by atoms with Gasteiger partial charge >= 0.3 is 0 Å². The molecule has 0 aliphatic carbocycles. The highest BCUT2D eigenvalue weighted by Crippen LogP contribution is 2.25. The summed E-state index contributed by atoms with van der Waals surface area (Å²) in [6.45, 7) is 3.19. The molecule has 2 aromatic carbocycles. The third kappa shape index (κ3) is 16.0. The van der Waals surface area contributed by atoms with Crippen LogP contribution in [0.4, 0.5) is 11.6 Å². The average Bonchev–Trinajstić information content (AvgIpc) is 3.19. The van der Waals surface area contributed by atoms with Crippen LogP contribution in [-0.2, 0) is 42.1 Å². The number of likely N-dealkylation sites (tertiary alicyclic amines) is 1. The van der Waals surface area contributed by atoms with E-state index in [0.29, 0.717) is 18.0 Å². The molecule has 2 heterocycles. The number of benzene rings is 2. The van der Waals surface area contributed by atoms with Gasteiger partial charge in [0.05, 0.1) is 43.7 Å². The number of nitrogens with zero attached hydrogens (tertiary/aromatic N) is 5. The first-order valence-electron chi connectivity index (χ1n) is 19.7. The molecule has 17 nitrogen and oxygen atoms in total. The van der Waals surface area contributed by atoms with E-state index < -0.39 is 25.6 Å². The van der Waals surface area contributed by atoms with Crippen molar-refractivity contribution in [1.29, 1.82) is 0 Å². The lowest BCUT2D eigenvalue weighted by atomic mass is 9.99. The first kappa shape index (κ1) is 48.0. The van der Waals surface area contributed by atoms with E-state index in [4.69, 9.17) is 32.5 Å². The Morgan fingerprint density at radius 2 is 1.25 bits per heavy atom. The van der Waals surface area contributed by atoms with Gasteiger partial charge in [0.15, 0.2) is 35.7 Å². The van der Waals surface area contributed by atoms with Gasteiger partial charge in [-0.05, 0) is 61.1 Å². The first-order valence-corrected chi connectivity index (χ1v) is 24.2. The Hall–Kier alpha value is -4.72. The number of hydrogen-bond donors (Lipinski definition) is 3. The second-order valence-corrected chi connectivity index (χ2v) is 20.5. The zero-order valence-corrected chi connectivity index (χ0v) is 37.2. The lowest BCUT2D eigenvalue weighted by Gasteiger charge is -2.45. The molecule has 1 unspecified atom stereocenters. The molecular formula is C40H58ClN8O9S2+. The van der Waals surface area contributed by atoms with Gasteiger partial charge in [-0.1, -0.05) is 35.9 Å². The third-order valence-corrected chi connectivity index (χ3v) is 12.6. The van der Waals surface area contributed by atoms with Gasteiger partial charge in [0.1, 0.15) is 31.2 Å². The smallest absolute Gasteiger partial charge is 0.274 e. The Labute approximate surface area is 358 Å². The van der Waals surface area contributed by atoms with Gasteiger partial charge in [-0.25, -0.2) is 26.8 Å². The highest BCUT2D eigenvalue weighted by Gasteiger charge is 2.36. The fourth-order valence-electron chi connectivity index (χ4n) is 6.93. The molecule has 3 aromatic rings. The number of anilines is 2. The number of rotatable bonds is 22. The van der Waals surface area contributed by atoms with Gasteiger partial charge in [0.25, 0.3) is 17.7 Å². The van der Waals surface area contributed by atoms with Crippen LogP contribution in [0.2, 0.25) is 5.15 Å². The molecule has 4 rings (SSSR count). The van der Waals surface area contributed by atoms with Crippen molar-refractivity contribution in [1.82, 2.24) is 25.1 Å². The molecule has 0 saturated carbocycles. The molecule has 3 amide bonds. The highest BCUT2D eigenvalue weighted by atomic mass is 35.5. The molecule has 5 N–H and O–H groups in total. The van der Waals surface area contributed by atoms with E-state index in [0.717, 1.165) is 86.3 Å². The number of quaternary nitrogens is 1. The molecule has 1 saturated heterocycles. The number of amides is 3. The van der Waals surface area contributed by atoms with Gasteiger partial charge in [0, 0.05) is 52.5 Å². The average molecular weight is 895 g/mol. The minimum Gasteiger partial charge on any atom is -0.484 e. The van der Waals surface area contributed by atoms with Crippen LogP contribution in [0.3, 0.4) is 0 Å². The fraction of sp³-hybridized carbons (Fsp3) is 0.525. The Kier molecular flexibility index (Phi) is 17.3. The number of aromatic nitrogens is 2. The third-order valence-electron chi connectivity index (χ3n) is 10.5. The van der Waals surface area contributed by atoms with Gasteiger partial charge in [-0.3, -0.25) is 14.4 Å². The zero-order chi connectivity index (χ0) is 44.1. The summed E-state index contributed by atoms with van der Waals surface area (Å²) in [4.78, 5) is 48.9. The largest absolute Gasteiger partial charge is 0.484 e. The number of nitrogens with two attached hydrogens (primary N) is 2. The summed E-state index contributed by atoms with van der Waals surface area (Å²) in [6, 6.07) is 15.0. The summed E-state index contributed by atoms with van der Waals surface area (Å²) in [6.07, 6.45) is 7.32. The van der Waals surface area contributed by atoms with Crippen LogP contribution in [0.25, 0.3) is 0 Å². The van der Waals surface area contributed by atoms with Gasteiger partial charge < -0.3 is 40.5 Å². The van der Waals surface area contributed by atoms with Crippen LogP contribution in [0.15, 0.2) is 48.5 Å². The van der Waals surface area contributed by atoms with Crippen molar-refractivity contribution in [2.45, 2.75) is 44.6 Å². The predicted molar refractivity (Wildman–Crippen MR) is 231 cm³/mol. The number of nitrogens with one attached hydrogen (secondary N) is 1. The Balaban J connectivity index is 1.35. The van der Waals surface area contributed by atoms with Crippen LogP contribution in [0, 0.1) is 0 Å². The monoisotopic (exact) mass is 893 g/mol. The SMILES string of the molecule is CN(CCS(C)(=O)=O)C(=O)COc1ccc(CCC[N+]2(CCCc3ccc(OCC(=O)N(C)CCS(C)(=O)=O)cc3)CCCC(NC(=O)c3nc(Cl)c(N)nc3N)C2)cc1. The number of nitrogen functional groups attached to an aromatic ring is 2. The number of likely N-dealkylation sites (N-methyl/N-ethyl adjacent to an activating group) is 2. The summed E-state index contributed by atoms with van der Waals surface area (Å²) < 4.78 is 57.9. The lowest BCUT2D eigenvalue weighted by molar-refractivity contribution is -0.933. The Bertz CT molecular complexity index is 2050. The lowest BCUT2D eigenvalue weighted by Crippen LogP contribution is -2.60. The molecular weight excluding hydrogens is 836 g/mol. The molecule has 1 aliphatic heterocycles. The molecule has 1 atom stereocenters. The number of carbonyl (C=O) groups is 3. The standard InChI is InChI=1S/C40H57ClN8O9S2/c1-47(19-24-59(3,53)54)34(50)27-57-32-15-11-29(12-16-32)8-5-21-49(23-7-10-31(26-49)44-40(52)36-38(42)46-39(43)37(41)45-36)22-6-9-30-13-17-33(18-14-30)58-28-35(51)48(2)20-25-60(4,55)56/h11-18,31H,5-10,19-28H2,1-4H3,(H4-,42,43,44,46,52)/p+1. The topological polar surface area (TPSA) is 234 Å². The summed E-state index contributed by atoms with van der Waals surface area (Å²) in [7, 11) is -3.28. The summed E-state index contributed by atoms with van der Waals surface area (Å²) in [5.74, 6) is -0.378. The predicted octanol–water partition coefficient (Wildman–Crippen LogP) is 2.03. The zero-order valence-electron chi connectivity index (χ0n) is 34.8. The van der Waals surface area contributed by atoms with Crippen molar-refractivity contribution in [3.05, 3.63) is 70.5 Å². The second kappa shape index (κ2) is 21.7. The van der Waals surface area contributed by atoms with E-state index in [9.17, 15) is 31.2 Å². The molecule has 0 radical (unpaired) electrons. The molecule has 1 aromatic heterocycles. The van der Waals surface area contributed by atoms with Crippen molar-refractivity contribution in [2.75, 3.05) is 102 Å². The van der Waals surface area contributed by atoms with E-state index in [1.54, 1.807) is 14.1 Å². The van der Waals surface area contributed by atoms with Crippen LogP contribution >= 0.6 is 11.6 Å². The van der Waals surface area contributed by atoms with E-state index in [2.05, 4.69) is 15.3 Å². The van der Waals surface area contributed by atoms with Gasteiger partial charge in [-0.15, -0.1) is 0 Å².